The van der Waals surface area contributed by atoms with Gasteiger partial charge in [0.1, 0.15) is 5.82 Å². The van der Waals surface area contributed by atoms with Crippen LogP contribution >= 0.6 is 0 Å². The van der Waals surface area contributed by atoms with Crippen molar-refractivity contribution in [1.82, 2.24) is 30.2 Å². The fraction of sp³-hybridized carbons (Fsp3) is 0.636. The van der Waals surface area contributed by atoms with Crippen molar-refractivity contribution in [3.8, 4) is 0 Å². The molecule has 0 amide bonds. The molecule has 0 spiro atoms. The molecule has 0 radical (unpaired) electrons. The zero-order valence-corrected chi connectivity index (χ0v) is 10.9. The smallest absolute Gasteiger partial charge is 0.200 e. The summed E-state index contributed by atoms with van der Waals surface area (Å²) in [4.78, 5) is 2.41. The van der Waals surface area contributed by atoms with Crippen LogP contribution in [-0.2, 0) is 4.74 Å². The highest BCUT2D eigenvalue weighted by atomic mass is 16.5. The lowest BCUT2D eigenvalue weighted by atomic mass is 10.2. The second kappa shape index (κ2) is 5.45. The van der Waals surface area contributed by atoms with E-state index in [0.29, 0.717) is 11.7 Å². The molecule has 8 heteroatoms. The van der Waals surface area contributed by atoms with E-state index in [-0.39, 0.29) is 0 Å². The van der Waals surface area contributed by atoms with E-state index >= 15 is 0 Å². The van der Waals surface area contributed by atoms with E-state index in [0.717, 1.165) is 38.7 Å². The van der Waals surface area contributed by atoms with Crippen LogP contribution in [0.1, 0.15) is 6.92 Å². The molecule has 102 valence electrons. The summed E-state index contributed by atoms with van der Waals surface area (Å²) in [5.41, 5.74) is 0.645. The number of anilines is 1. The molecule has 0 unspecified atom stereocenters. The number of nitrogens with one attached hydrogen (secondary N) is 1. The first-order chi connectivity index (χ1) is 9.33. The topological polar surface area (TPSA) is 80.5 Å². The second-order valence-electron chi connectivity index (χ2n) is 4.62. The lowest BCUT2D eigenvalue weighted by Crippen LogP contribution is -2.45. The van der Waals surface area contributed by atoms with Gasteiger partial charge in [0.2, 0.25) is 0 Å². The third-order valence-corrected chi connectivity index (χ3v) is 3.32. The van der Waals surface area contributed by atoms with Gasteiger partial charge in [-0.2, -0.15) is 0 Å². The minimum atomic E-state index is 0.440. The number of nitrogens with zero attached hydrogens (tertiary/aromatic N) is 6. The maximum atomic E-state index is 5.35. The van der Waals surface area contributed by atoms with E-state index in [1.807, 2.05) is 12.1 Å². The van der Waals surface area contributed by atoms with E-state index < -0.39 is 0 Å². The highest BCUT2D eigenvalue weighted by Crippen LogP contribution is 2.07. The number of hydrogen-bond acceptors (Lipinski definition) is 7. The first kappa shape index (κ1) is 12.2. The Bertz CT molecular complexity index is 537. The van der Waals surface area contributed by atoms with E-state index in [1.54, 1.807) is 0 Å². The van der Waals surface area contributed by atoms with E-state index in [1.165, 1.54) is 4.63 Å². The summed E-state index contributed by atoms with van der Waals surface area (Å²) in [7, 11) is 0. The molecular formula is C11H17N7O. The monoisotopic (exact) mass is 263 g/mol. The molecule has 2 aromatic rings. The van der Waals surface area contributed by atoms with Gasteiger partial charge in [-0.05, 0) is 29.5 Å². The molecule has 1 atom stereocenters. The third-order valence-electron chi connectivity index (χ3n) is 3.32. The number of ether oxygens (including phenoxy) is 1. The largest absolute Gasteiger partial charge is 0.379 e. The van der Waals surface area contributed by atoms with Gasteiger partial charge >= 0.3 is 0 Å². The zero-order chi connectivity index (χ0) is 13.1. The van der Waals surface area contributed by atoms with Crippen LogP contribution in [0.5, 0.6) is 0 Å². The maximum Gasteiger partial charge on any atom is 0.200 e. The molecule has 1 aliphatic rings. The molecule has 19 heavy (non-hydrogen) atoms. The van der Waals surface area contributed by atoms with Crippen molar-refractivity contribution in [2.45, 2.75) is 13.0 Å². The fourth-order valence-corrected chi connectivity index (χ4v) is 2.14. The lowest BCUT2D eigenvalue weighted by Gasteiger charge is -2.32. The van der Waals surface area contributed by atoms with Crippen molar-refractivity contribution >= 4 is 11.5 Å². The van der Waals surface area contributed by atoms with Crippen molar-refractivity contribution in [2.75, 3.05) is 38.2 Å². The predicted octanol–water partition coefficient (Wildman–Crippen LogP) is -0.348. The number of rotatable bonds is 4. The standard InChI is InChI=1S/C11H17N7O/c1-9(17-4-6-19-7-5-17)8-12-10-2-3-11-13-15-16-18(11)14-10/h2-3,9H,4-8H2,1H3,(H,12,14)/t9-/m0/s1. The Morgan fingerprint density at radius 1 is 1.37 bits per heavy atom. The molecule has 3 heterocycles. The molecule has 3 rings (SSSR count). The van der Waals surface area contributed by atoms with Crippen LogP contribution in [0.2, 0.25) is 0 Å². The molecule has 2 aromatic heterocycles. The van der Waals surface area contributed by atoms with Gasteiger partial charge in [-0.25, -0.2) is 0 Å². The quantitative estimate of drug-likeness (QED) is 0.807. The van der Waals surface area contributed by atoms with Crippen LogP contribution in [0.25, 0.3) is 5.65 Å². The van der Waals surface area contributed by atoms with Crippen LogP contribution in [0.4, 0.5) is 5.82 Å². The highest BCUT2D eigenvalue weighted by Gasteiger charge is 2.16. The fourth-order valence-electron chi connectivity index (χ4n) is 2.14. The molecule has 0 saturated carbocycles. The van der Waals surface area contributed by atoms with E-state index in [2.05, 4.69) is 37.8 Å². The zero-order valence-electron chi connectivity index (χ0n) is 10.9. The van der Waals surface area contributed by atoms with Gasteiger partial charge in [0.25, 0.3) is 0 Å². The van der Waals surface area contributed by atoms with Crippen molar-refractivity contribution in [2.24, 2.45) is 0 Å². The number of hydrogen-bond donors (Lipinski definition) is 1. The third kappa shape index (κ3) is 2.79. The van der Waals surface area contributed by atoms with Gasteiger partial charge in [0, 0.05) is 25.7 Å². The van der Waals surface area contributed by atoms with Gasteiger partial charge in [0.05, 0.1) is 13.2 Å². The van der Waals surface area contributed by atoms with Gasteiger partial charge in [-0.15, -0.1) is 14.8 Å². The molecule has 1 N–H and O–H groups in total. The maximum absolute atomic E-state index is 5.35. The summed E-state index contributed by atoms with van der Waals surface area (Å²) in [6.07, 6.45) is 0. The summed E-state index contributed by atoms with van der Waals surface area (Å²) in [5.74, 6) is 0.778. The molecule has 1 fully saturated rings. The van der Waals surface area contributed by atoms with Crippen molar-refractivity contribution in [3.05, 3.63) is 12.1 Å². The second-order valence-corrected chi connectivity index (χ2v) is 4.62. The number of aromatic nitrogens is 5. The first-order valence-corrected chi connectivity index (χ1v) is 6.44. The number of morpholine rings is 1. The van der Waals surface area contributed by atoms with Crippen LogP contribution < -0.4 is 5.32 Å². The van der Waals surface area contributed by atoms with Gasteiger partial charge in [-0.3, -0.25) is 4.90 Å². The summed E-state index contributed by atoms with van der Waals surface area (Å²) in [6, 6.07) is 4.17. The van der Waals surface area contributed by atoms with Crippen LogP contribution in [0.3, 0.4) is 0 Å². The summed E-state index contributed by atoms with van der Waals surface area (Å²) in [6.45, 7) is 6.65. The Hall–Kier alpha value is -1.80. The predicted molar refractivity (Wildman–Crippen MR) is 68.9 cm³/mol. The van der Waals surface area contributed by atoms with Crippen LogP contribution in [0, 0.1) is 0 Å². The Kier molecular flexibility index (Phi) is 3.51. The molecule has 1 aliphatic heterocycles. The van der Waals surface area contributed by atoms with E-state index in [9.17, 15) is 0 Å². The van der Waals surface area contributed by atoms with Crippen molar-refractivity contribution in [3.63, 3.8) is 0 Å². The molecular weight excluding hydrogens is 246 g/mol. The van der Waals surface area contributed by atoms with Crippen LogP contribution in [0.15, 0.2) is 12.1 Å². The molecule has 0 aliphatic carbocycles. The highest BCUT2D eigenvalue weighted by molar-refractivity contribution is 5.42. The number of fused-ring (bicyclic) bond motifs is 1. The molecule has 8 nitrogen and oxygen atoms in total. The average Bonchev–Trinajstić information content (AvgIpc) is 2.93. The van der Waals surface area contributed by atoms with Crippen LogP contribution in [-0.4, -0.2) is 69.0 Å². The van der Waals surface area contributed by atoms with Gasteiger partial charge in [0.15, 0.2) is 5.65 Å². The molecule has 0 bridgehead atoms. The van der Waals surface area contributed by atoms with Crippen molar-refractivity contribution < 1.29 is 4.74 Å². The molecule has 1 saturated heterocycles. The normalized spacial score (nSPS) is 18.6. The average molecular weight is 263 g/mol. The Morgan fingerprint density at radius 2 is 2.21 bits per heavy atom. The minimum absolute atomic E-state index is 0.440. The number of tetrazole rings is 1. The Labute approximate surface area is 110 Å². The summed E-state index contributed by atoms with van der Waals surface area (Å²) < 4.78 is 6.77. The lowest BCUT2D eigenvalue weighted by molar-refractivity contribution is 0.0227. The summed E-state index contributed by atoms with van der Waals surface area (Å²) in [5, 5.41) is 18.7. The van der Waals surface area contributed by atoms with Crippen molar-refractivity contribution in [1.29, 1.82) is 0 Å². The minimum Gasteiger partial charge on any atom is -0.379 e. The first-order valence-electron chi connectivity index (χ1n) is 6.44. The SMILES string of the molecule is C[C@@H](CNc1ccc2nnnn2n1)N1CCOCC1. The van der Waals surface area contributed by atoms with E-state index in [4.69, 9.17) is 4.74 Å². The van der Waals surface area contributed by atoms with Gasteiger partial charge < -0.3 is 10.1 Å². The summed E-state index contributed by atoms with van der Waals surface area (Å²) >= 11 is 0. The Balaban J connectivity index is 1.58. The Morgan fingerprint density at radius 3 is 3.05 bits per heavy atom. The molecule has 0 aromatic carbocycles. The van der Waals surface area contributed by atoms with Gasteiger partial charge in [-0.1, -0.05) is 0 Å².